The summed E-state index contributed by atoms with van der Waals surface area (Å²) in [6, 6.07) is 5.16. The zero-order valence-electron chi connectivity index (χ0n) is 10.3. The van der Waals surface area contributed by atoms with Crippen LogP contribution in [0.3, 0.4) is 0 Å². The number of hydrogen-bond acceptors (Lipinski definition) is 4. The maximum absolute atomic E-state index is 11.6. The van der Waals surface area contributed by atoms with Crippen LogP contribution in [0, 0.1) is 0 Å². The second-order valence-electron chi connectivity index (χ2n) is 4.88. The molecule has 2 rings (SSSR count). The van der Waals surface area contributed by atoms with E-state index in [9.17, 15) is 13.2 Å². The number of ketones is 1. The number of rotatable bonds is 2. The third-order valence-corrected chi connectivity index (χ3v) is 4.60. The van der Waals surface area contributed by atoms with Crippen molar-refractivity contribution in [2.75, 3.05) is 12.0 Å². The quantitative estimate of drug-likeness (QED) is 0.830. The standard InChI is InChI=1S/C13H17NO3S/c1-18(16,17)13-8-10(4-7-12(13)14)9-2-5-11(15)6-3-9/h4,7-9H,2-3,5-6,14H2,1H3. The van der Waals surface area contributed by atoms with Crippen molar-refractivity contribution in [3.8, 4) is 0 Å². The summed E-state index contributed by atoms with van der Waals surface area (Å²) < 4.78 is 23.2. The van der Waals surface area contributed by atoms with Gasteiger partial charge in [0, 0.05) is 19.1 Å². The molecule has 0 amide bonds. The van der Waals surface area contributed by atoms with E-state index >= 15 is 0 Å². The maximum Gasteiger partial charge on any atom is 0.177 e. The van der Waals surface area contributed by atoms with Crippen LogP contribution in [0.1, 0.15) is 37.2 Å². The van der Waals surface area contributed by atoms with Gasteiger partial charge in [-0.25, -0.2) is 8.42 Å². The Morgan fingerprint density at radius 2 is 1.83 bits per heavy atom. The predicted octanol–water partition coefficient (Wildman–Crippen LogP) is 1.90. The number of sulfone groups is 1. The highest BCUT2D eigenvalue weighted by molar-refractivity contribution is 7.90. The van der Waals surface area contributed by atoms with E-state index < -0.39 is 9.84 Å². The Kier molecular flexibility index (Phi) is 3.43. The zero-order chi connectivity index (χ0) is 13.3. The van der Waals surface area contributed by atoms with Gasteiger partial charge in [-0.1, -0.05) is 6.07 Å². The van der Waals surface area contributed by atoms with E-state index in [4.69, 9.17) is 5.73 Å². The molecule has 1 aliphatic rings. The van der Waals surface area contributed by atoms with E-state index in [1.54, 1.807) is 12.1 Å². The van der Waals surface area contributed by atoms with Crippen LogP contribution in [0.2, 0.25) is 0 Å². The number of carbonyl (C=O) groups is 1. The van der Waals surface area contributed by atoms with Gasteiger partial charge in [0.15, 0.2) is 9.84 Å². The molecule has 1 saturated carbocycles. The molecule has 0 heterocycles. The number of nitrogen functional groups attached to an aromatic ring is 1. The van der Waals surface area contributed by atoms with Gasteiger partial charge in [0.2, 0.25) is 0 Å². The molecular weight excluding hydrogens is 250 g/mol. The zero-order valence-corrected chi connectivity index (χ0v) is 11.2. The minimum atomic E-state index is -3.30. The van der Waals surface area contributed by atoms with Crippen LogP contribution in [-0.2, 0) is 14.6 Å². The van der Waals surface area contributed by atoms with Crippen molar-refractivity contribution in [2.24, 2.45) is 0 Å². The second-order valence-corrected chi connectivity index (χ2v) is 6.87. The van der Waals surface area contributed by atoms with Crippen molar-refractivity contribution in [1.82, 2.24) is 0 Å². The predicted molar refractivity (Wildman–Crippen MR) is 70.2 cm³/mol. The lowest BCUT2D eigenvalue weighted by atomic mass is 9.83. The van der Waals surface area contributed by atoms with Gasteiger partial charge in [0.05, 0.1) is 10.6 Å². The van der Waals surface area contributed by atoms with Crippen molar-refractivity contribution >= 4 is 21.3 Å². The molecule has 2 N–H and O–H groups in total. The topological polar surface area (TPSA) is 77.2 Å². The lowest BCUT2D eigenvalue weighted by Gasteiger charge is -2.22. The Bertz CT molecular complexity index is 568. The summed E-state index contributed by atoms with van der Waals surface area (Å²) in [5, 5.41) is 0. The monoisotopic (exact) mass is 267 g/mol. The van der Waals surface area contributed by atoms with Gasteiger partial charge < -0.3 is 5.73 Å². The largest absolute Gasteiger partial charge is 0.398 e. The fourth-order valence-corrected chi connectivity index (χ4v) is 3.25. The summed E-state index contributed by atoms with van der Waals surface area (Å²) in [5.41, 5.74) is 6.95. The van der Waals surface area contributed by atoms with E-state index in [0.717, 1.165) is 24.7 Å². The first-order chi connectivity index (χ1) is 8.38. The molecule has 1 aromatic carbocycles. The highest BCUT2D eigenvalue weighted by Gasteiger charge is 2.22. The molecular formula is C13H17NO3S. The van der Waals surface area contributed by atoms with Crippen LogP contribution in [0.5, 0.6) is 0 Å². The van der Waals surface area contributed by atoms with E-state index in [0.29, 0.717) is 18.6 Å². The first-order valence-corrected chi connectivity index (χ1v) is 7.88. The summed E-state index contributed by atoms with van der Waals surface area (Å²) in [5.74, 6) is 0.564. The molecule has 98 valence electrons. The van der Waals surface area contributed by atoms with Crippen LogP contribution >= 0.6 is 0 Å². The SMILES string of the molecule is CS(=O)(=O)c1cc(C2CCC(=O)CC2)ccc1N. The number of anilines is 1. The molecule has 0 aliphatic heterocycles. The van der Waals surface area contributed by atoms with E-state index in [2.05, 4.69) is 0 Å². The van der Waals surface area contributed by atoms with Gasteiger partial charge in [0.25, 0.3) is 0 Å². The number of Topliss-reactive ketones (excluding diaryl/α,β-unsaturated/α-hetero) is 1. The fraction of sp³-hybridized carbons (Fsp3) is 0.462. The van der Waals surface area contributed by atoms with Crippen LogP contribution < -0.4 is 5.73 Å². The number of carbonyl (C=O) groups excluding carboxylic acids is 1. The molecule has 18 heavy (non-hydrogen) atoms. The Balaban J connectivity index is 2.33. The molecule has 0 radical (unpaired) electrons. The minimum absolute atomic E-state index is 0.192. The Hall–Kier alpha value is -1.36. The fourth-order valence-electron chi connectivity index (χ4n) is 2.40. The number of hydrogen-bond donors (Lipinski definition) is 1. The van der Waals surface area contributed by atoms with Gasteiger partial charge in [-0.15, -0.1) is 0 Å². The van der Waals surface area contributed by atoms with Gasteiger partial charge in [-0.3, -0.25) is 4.79 Å². The second kappa shape index (κ2) is 4.72. The minimum Gasteiger partial charge on any atom is -0.398 e. The van der Waals surface area contributed by atoms with Gasteiger partial charge >= 0.3 is 0 Å². The van der Waals surface area contributed by atoms with Gasteiger partial charge in [-0.2, -0.15) is 0 Å². The molecule has 0 saturated heterocycles. The maximum atomic E-state index is 11.6. The molecule has 0 aromatic heterocycles. The highest BCUT2D eigenvalue weighted by atomic mass is 32.2. The third kappa shape index (κ3) is 2.72. The average molecular weight is 267 g/mol. The normalized spacial score (nSPS) is 17.9. The summed E-state index contributed by atoms with van der Waals surface area (Å²) in [6.07, 6.45) is 3.93. The van der Waals surface area contributed by atoms with E-state index in [1.807, 2.05) is 6.07 Å². The first kappa shape index (κ1) is 13.1. The molecule has 1 aromatic rings. The van der Waals surface area contributed by atoms with Crippen molar-refractivity contribution < 1.29 is 13.2 Å². The molecule has 5 heteroatoms. The van der Waals surface area contributed by atoms with Crippen molar-refractivity contribution in [1.29, 1.82) is 0 Å². The van der Waals surface area contributed by atoms with E-state index in [1.165, 1.54) is 0 Å². The van der Waals surface area contributed by atoms with Gasteiger partial charge in [-0.05, 0) is 36.5 Å². The van der Waals surface area contributed by atoms with Crippen LogP contribution in [0.4, 0.5) is 5.69 Å². The molecule has 0 unspecified atom stereocenters. The summed E-state index contributed by atoms with van der Waals surface area (Å²) in [6.45, 7) is 0. The third-order valence-electron chi connectivity index (χ3n) is 3.45. The molecule has 4 nitrogen and oxygen atoms in total. The Morgan fingerprint density at radius 1 is 1.22 bits per heavy atom. The number of nitrogens with two attached hydrogens (primary N) is 1. The lowest BCUT2D eigenvalue weighted by molar-refractivity contribution is -0.120. The first-order valence-electron chi connectivity index (χ1n) is 5.99. The van der Waals surface area contributed by atoms with Crippen molar-refractivity contribution in [3.63, 3.8) is 0 Å². The van der Waals surface area contributed by atoms with Gasteiger partial charge in [0.1, 0.15) is 5.78 Å². The summed E-state index contributed by atoms with van der Waals surface area (Å²) >= 11 is 0. The lowest BCUT2D eigenvalue weighted by Crippen LogP contribution is -2.13. The molecule has 0 bridgehead atoms. The van der Waals surface area contributed by atoms with Crippen molar-refractivity contribution in [2.45, 2.75) is 36.5 Å². The Labute approximate surface area is 107 Å². The summed E-state index contributed by atoms with van der Waals surface area (Å²) in [4.78, 5) is 11.4. The smallest absolute Gasteiger partial charge is 0.177 e. The van der Waals surface area contributed by atoms with Crippen molar-refractivity contribution in [3.05, 3.63) is 23.8 Å². The van der Waals surface area contributed by atoms with Crippen LogP contribution in [-0.4, -0.2) is 20.5 Å². The van der Waals surface area contributed by atoms with Crippen LogP contribution in [0.25, 0.3) is 0 Å². The molecule has 0 atom stereocenters. The summed E-state index contributed by atoms with van der Waals surface area (Å²) in [7, 11) is -3.30. The molecule has 1 fully saturated rings. The Morgan fingerprint density at radius 3 is 2.39 bits per heavy atom. The average Bonchev–Trinajstić information content (AvgIpc) is 2.29. The molecule has 0 spiro atoms. The van der Waals surface area contributed by atoms with E-state index in [-0.39, 0.29) is 16.5 Å². The van der Waals surface area contributed by atoms with Crippen LogP contribution in [0.15, 0.2) is 23.1 Å². The number of benzene rings is 1. The highest BCUT2D eigenvalue weighted by Crippen LogP contribution is 2.33. The molecule has 1 aliphatic carbocycles.